The van der Waals surface area contributed by atoms with Crippen LogP contribution in [0, 0.1) is 0 Å². The van der Waals surface area contributed by atoms with Crippen molar-refractivity contribution in [2.45, 2.75) is 25.2 Å². The molecule has 0 radical (unpaired) electrons. The van der Waals surface area contributed by atoms with Crippen molar-refractivity contribution in [1.82, 2.24) is 10.1 Å². The van der Waals surface area contributed by atoms with Gasteiger partial charge in [0.25, 0.3) is 0 Å². The molecule has 0 aromatic carbocycles. The van der Waals surface area contributed by atoms with Crippen molar-refractivity contribution in [2.24, 2.45) is 5.73 Å². The molecule has 0 bridgehead atoms. The molecular weight excluding hydrogens is 230 g/mol. The second-order valence-corrected chi connectivity index (χ2v) is 4.84. The van der Waals surface area contributed by atoms with Gasteiger partial charge >= 0.3 is 0 Å². The molecule has 3 N–H and O–H groups in total. The number of nitrogens with zero attached hydrogens (tertiary/aromatic N) is 2. The van der Waals surface area contributed by atoms with Crippen LogP contribution in [-0.4, -0.2) is 39.5 Å². The molecule has 7 heteroatoms. The highest BCUT2D eigenvalue weighted by atomic mass is 32.2. The van der Waals surface area contributed by atoms with Crippen LogP contribution in [0.15, 0.2) is 4.52 Å². The number of rotatable bonds is 3. The summed E-state index contributed by atoms with van der Waals surface area (Å²) in [4.78, 5) is 4.15. The molecule has 1 aliphatic rings. The Morgan fingerprint density at radius 2 is 2.44 bits per heavy atom. The van der Waals surface area contributed by atoms with Gasteiger partial charge < -0.3 is 20.1 Å². The van der Waals surface area contributed by atoms with E-state index in [-0.39, 0.29) is 12.0 Å². The van der Waals surface area contributed by atoms with Gasteiger partial charge in [-0.2, -0.15) is 16.7 Å². The zero-order chi connectivity index (χ0) is 11.5. The summed E-state index contributed by atoms with van der Waals surface area (Å²) in [5.74, 6) is 2.58. The van der Waals surface area contributed by atoms with Gasteiger partial charge in [0.05, 0.1) is 12.7 Å². The van der Waals surface area contributed by atoms with Crippen molar-refractivity contribution >= 4 is 11.8 Å². The van der Waals surface area contributed by atoms with Crippen LogP contribution in [0.1, 0.15) is 30.8 Å². The van der Waals surface area contributed by atoms with Crippen molar-refractivity contribution in [1.29, 1.82) is 0 Å². The maximum atomic E-state index is 9.31. The molecule has 1 fully saturated rings. The van der Waals surface area contributed by atoms with E-state index in [1.807, 2.05) is 0 Å². The minimum Gasteiger partial charge on any atom is -0.391 e. The molecule has 2 heterocycles. The van der Waals surface area contributed by atoms with Gasteiger partial charge in [-0.3, -0.25) is 0 Å². The van der Waals surface area contributed by atoms with E-state index in [4.69, 9.17) is 15.0 Å². The van der Waals surface area contributed by atoms with Crippen molar-refractivity contribution in [3.8, 4) is 0 Å². The first-order valence-electron chi connectivity index (χ1n) is 5.15. The molecule has 0 saturated carbocycles. The van der Waals surface area contributed by atoms with Crippen LogP contribution >= 0.6 is 11.8 Å². The molecule has 90 valence electrons. The monoisotopic (exact) mass is 245 g/mol. The normalized spacial score (nSPS) is 25.3. The Labute approximate surface area is 97.5 Å². The average Bonchev–Trinajstić information content (AvgIpc) is 2.78. The lowest BCUT2D eigenvalue weighted by Gasteiger charge is -2.18. The van der Waals surface area contributed by atoms with Gasteiger partial charge in [0.2, 0.25) is 11.7 Å². The molecule has 0 aliphatic carbocycles. The highest BCUT2D eigenvalue weighted by Gasteiger charge is 2.25. The lowest BCUT2D eigenvalue weighted by Crippen LogP contribution is -2.23. The molecule has 1 aromatic heterocycles. The third-order valence-electron chi connectivity index (χ3n) is 2.37. The van der Waals surface area contributed by atoms with E-state index < -0.39 is 12.1 Å². The summed E-state index contributed by atoms with van der Waals surface area (Å²) in [6, 6.07) is -0.641. The first-order chi connectivity index (χ1) is 7.68. The van der Waals surface area contributed by atoms with Crippen molar-refractivity contribution < 1.29 is 14.4 Å². The number of ether oxygens (including phenoxy) is 1. The molecule has 3 atom stereocenters. The molecule has 16 heavy (non-hydrogen) atoms. The van der Waals surface area contributed by atoms with Crippen LogP contribution in [0.3, 0.4) is 0 Å². The minimum absolute atomic E-state index is 0.127. The van der Waals surface area contributed by atoms with E-state index in [1.54, 1.807) is 18.7 Å². The van der Waals surface area contributed by atoms with Gasteiger partial charge in [-0.15, -0.1) is 0 Å². The maximum absolute atomic E-state index is 9.31. The van der Waals surface area contributed by atoms with Crippen molar-refractivity contribution in [3.63, 3.8) is 0 Å². The Kier molecular flexibility index (Phi) is 3.80. The van der Waals surface area contributed by atoms with Crippen LogP contribution in [0.4, 0.5) is 0 Å². The van der Waals surface area contributed by atoms with Crippen molar-refractivity contribution in [2.75, 3.05) is 18.1 Å². The van der Waals surface area contributed by atoms with E-state index in [1.165, 1.54) is 0 Å². The maximum Gasteiger partial charge on any atom is 0.246 e. The second kappa shape index (κ2) is 5.13. The number of aliphatic hydroxyl groups is 1. The quantitative estimate of drug-likeness (QED) is 0.788. The number of hydrogen-bond acceptors (Lipinski definition) is 7. The Hall–Kier alpha value is -0.630. The van der Waals surface area contributed by atoms with Crippen LogP contribution < -0.4 is 5.73 Å². The summed E-state index contributed by atoms with van der Waals surface area (Å²) in [5.41, 5.74) is 5.69. The Balaban J connectivity index is 2.06. The Bertz CT molecular complexity index is 338. The summed E-state index contributed by atoms with van der Waals surface area (Å²) in [5, 5.41) is 13.1. The largest absolute Gasteiger partial charge is 0.391 e. The highest BCUT2D eigenvalue weighted by molar-refractivity contribution is 7.99. The molecule has 2 rings (SSSR count). The summed E-state index contributed by atoms with van der Waals surface area (Å²) in [6.45, 7) is 2.28. The van der Waals surface area contributed by atoms with Crippen molar-refractivity contribution in [3.05, 3.63) is 11.7 Å². The third-order valence-corrected chi connectivity index (χ3v) is 3.36. The van der Waals surface area contributed by atoms with Crippen LogP contribution in [0.2, 0.25) is 0 Å². The predicted octanol–water partition coefficient (Wildman–Crippen LogP) is 0.255. The SMILES string of the molecule is C[C@@H](O)[C@H](N)c1nc(C2CSCCO2)no1. The first kappa shape index (κ1) is 11.8. The lowest BCUT2D eigenvalue weighted by atomic mass is 10.2. The number of aliphatic hydroxyl groups excluding tert-OH is 1. The van der Waals surface area contributed by atoms with Gasteiger partial charge in [0, 0.05) is 11.5 Å². The molecule has 1 aromatic rings. The number of nitrogens with two attached hydrogens (primary N) is 1. The third kappa shape index (κ3) is 2.54. The first-order valence-corrected chi connectivity index (χ1v) is 6.30. The van der Waals surface area contributed by atoms with Gasteiger partial charge in [-0.1, -0.05) is 5.16 Å². The summed E-state index contributed by atoms with van der Waals surface area (Å²) >= 11 is 1.79. The Morgan fingerprint density at radius 3 is 3.06 bits per heavy atom. The van der Waals surface area contributed by atoms with Crippen LogP contribution in [0.5, 0.6) is 0 Å². The lowest BCUT2D eigenvalue weighted by molar-refractivity contribution is 0.0677. The number of thioether (sulfide) groups is 1. The summed E-state index contributed by atoms with van der Waals surface area (Å²) in [7, 11) is 0. The van der Waals surface area contributed by atoms with Gasteiger partial charge in [0.15, 0.2) is 0 Å². The zero-order valence-corrected chi connectivity index (χ0v) is 9.81. The topological polar surface area (TPSA) is 94.4 Å². The zero-order valence-electron chi connectivity index (χ0n) is 9.00. The van der Waals surface area contributed by atoms with E-state index in [0.29, 0.717) is 12.4 Å². The fraction of sp³-hybridized carbons (Fsp3) is 0.778. The molecule has 0 spiro atoms. The minimum atomic E-state index is -0.713. The molecule has 6 nitrogen and oxygen atoms in total. The summed E-state index contributed by atoms with van der Waals surface area (Å²) in [6.07, 6.45) is -0.840. The standard InChI is InChI=1S/C9H15N3O3S/c1-5(13)7(10)9-11-8(12-15-9)6-4-16-3-2-14-6/h5-7,13H,2-4,10H2,1H3/t5-,6?,7+/m1/s1. The fourth-order valence-corrected chi connectivity index (χ4v) is 2.20. The van der Waals surface area contributed by atoms with E-state index >= 15 is 0 Å². The predicted molar refractivity (Wildman–Crippen MR) is 58.9 cm³/mol. The smallest absolute Gasteiger partial charge is 0.246 e. The van der Waals surface area contributed by atoms with Crippen LogP contribution in [0.25, 0.3) is 0 Å². The van der Waals surface area contributed by atoms with Gasteiger partial charge in [-0.05, 0) is 6.92 Å². The fourth-order valence-electron chi connectivity index (χ4n) is 1.36. The second-order valence-electron chi connectivity index (χ2n) is 3.69. The summed E-state index contributed by atoms with van der Waals surface area (Å²) < 4.78 is 10.5. The average molecular weight is 245 g/mol. The molecule has 1 unspecified atom stereocenters. The van der Waals surface area contributed by atoms with E-state index in [9.17, 15) is 5.11 Å². The number of hydrogen-bond donors (Lipinski definition) is 2. The molecule has 1 saturated heterocycles. The van der Waals surface area contributed by atoms with Gasteiger partial charge in [-0.25, -0.2) is 0 Å². The van der Waals surface area contributed by atoms with Crippen LogP contribution in [-0.2, 0) is 4.74 Å². The molecule has 1 aliphatic heterocycles. The van der Waals surface area contributed by atoms with Gasteiger partial charge in [0.1, 0.15) is 12.1 Å². The molecular formula is C9H15N3O3S. The highest BCUT2D eigenvalue weighted by Crippen LogP contribution is 2.25. The Morgan fingerprint density at radius 1 is 1.62 bits per heavy atom. The molecule has 0 amide bonds. The van der Waals surface area contributed by atoms with E-state index in [0.717, 1.165) is 11.5 Å². The number of aromatic nitrogens is 2. The van der Waals surface area contributed by atoms with E-state index in [2.05, 4.69) is 10.1 Å².